The van der Waals surface area contributed by atoms with E-state index in [1.807, 2.05) is 36.9 Å². The van der Waals surface area contributed by atoms with Crippen LogP contribution in [0.5, 0.6) is 0 Å². The monoisotopic (exact) mass is 367 g/mol. The molecule has 0 radical (unpaired) electrons. The molecule has 1 fully saturated rings. The first-order chi connectivity index (χ1) is 12.8. The second-order valence-corrected chi connectivity index (χ2v) is 7.36. The Labute approximate surface area is 161 Å². The van der Waals surface area contributed by atoms with Crippen LogP contribution in [0, 0.1) is 34.6 Å². The number of anilines is 2. The van der Waals surface area contributed by atoms with Crippen molar-refractivity contribution in [2.45, 2.75) is 41.0 Å². The Hall–Kier alpha value is -2.63. The van der Waals surface area contributed by atoms with Crippen LogP contribution < -0.4 is 10.2 Å². The summed E-state index contributed by atoms with van der Waals surface area (Å²) in [5.74, 6) is 1.79. The number of aryl methyl sites for hydroxylation is 4. The predicted octanol–water partition coefficient (Wildman–Crippen LogP) is 3.76. The number of benzene rings is 1. The Morgan fingerprint density at radius 2 is 1.74 bits per heavy atom. The average molecular weight is 367 g/mol. The molecule has 3 rings (SSSR count). The standard InChI is InChI=1S/C21H29N5O/c1-14-7-8-19(13-15(14)2)24-21(27)26-10-6-9-25(11-12-26)20-16(3)17(4)22-18(5)23-20/h7-8,13H,6,9-12H2,1-5H3,(H,24,27). The van der Waals surface area contributed by atoms with E-state index in [0.717, 1.165) is 54.6 Å². The smallest absolute Gasteiger partial charge is 0.321 e. The lowest BCUT2D eigenvalue weighted by atomic mass is 10.1. The van der Waals surface area contributed by atoms with Crippen LogP contribution in [0.1, 0.15) is 34.6 Å². The number of urea groups is 1. The molecule has 2 amide bonds. The van der Waals surface area contributed by atoms with E-state index in [4.69, 9.17) is 0 Å². The number of carbonyl (C=O) groups excluding carboxylic acids is 1. The van der Waals surface area contributed by atoms with Gasteiger partial charge in [0.15, 0.2) is 0 Å². The minimum atomic E-state index is -0.0353. The molecule has 1 aliphatic heterocycles. The van der Waals surface area contributed by atoms with Gasteiger partial charge < -0.3 is 15.1 Å². The number of nitrogens with zero attached hydrogens (tertiary/aromatic N) is 4. The van der Waals surface area contributed by atoms with Gasteiger partial charge in [0.25, 0.3) is 0 Å². The molecule has 0 spiro atoms. The van der Waals surface area contributed by atoms with Gasteiger partial charge in [-0.05, 0) is 64.3 Å². The largest absolute Gasteiger partial charge is 0.354 e. The van der Waals surface area contributed by atoms with Gasteiger partial charge in [0.1, 0.15) is 11.6 Å². The number of rotatable bonds is 2. The van der Waals surface area contributed by atoms with Crippen LogP contribution >= 0.6 is 0 Å². The van der Waals surface area contributed by atoms with Gasteiger partial charge >= 0.3 is 6.03 Å². The normalized spacial score (nSPS) is 14.9. The summed E-state index contributed by atoms with van der Waals surface area (Å²) in [4.78, 5) is 26.0. The van der Waals surface area contributed by atoms with Crippen molar-refractivity contribution < 1.29 is 4.79 Å². The third kappa shape index (κ3) is 4.38. The zero-order chi connectivity index (χ0) is 19.6. The topological polar surface area (TPSA) is 61.4 Å². The lowest BCUT2D eigenvalue weighted by molar-refractivity contribution is 0.215. The summed E-state index contributed by atoms with van der Waals surface area (Å²) >= 11 is 0. The zero-order valence-electron chi connectivity index (χ0n) is 17.0. The third-order valence-electron chi connectivity index (χ3n) is 5.32. The van der Waals surface area contributed by atoms with Crippen molar-refractivity contribution in [2.75, 3.05) is 36.4 Å². The molecule has 0 atom stereocenters. The fourth-order valence-corrected chi connectivity index (χ4v) is 3.41. The molecule has 1 aliphatic rings. The van der Waals surface area contributed by atoms with Crippen LogP contribution in [-0.4, -0.2) is 47.1 Å². The molecule has 27 heavy (non-hydrogen) atoms. The molecule has 0 aliphatic carbocycles. The van der Waals surface area contributed by atoms with Crippen molar-refractivity contribution in [2.24, 2.45) is 0 Å². The van der Waals surface area contributed by atoms with Crippen molar-refractivity contribution in [1.29, 1.82) is 0 Å². The summed E-state index contributed by atoms with van der Waals surface area (Å²) < 4.78 is 0. The van der Waals surface area contributed by atoms with Crippen molar-refractivity contribution in [1.82, 2.24) is 14.9 Å². The first-order valence-electron chi connectivity index (χ1n) is 9.55. The van der Waals surface area contributed by atoms with Crippen LogP contribution in [0.15, 0.2) is 18.2 Å². The maximum atomic E-state index is 12.7. The lowest BCUT2D eigenvalue weighted by Crippen LogP contribution is -2.38. The summed E-state index contributed by atoms with van der Waals surface area (Å²) in [7, 11) is 0. The molecular weight excluding hydrogens is 338 g/mol. The number of amides is 2. The molecule has 2 aromatic rings. The van der Waals surface area contributed by atoms with Gasteiger partial charge in [-0.1, -0.05) is 6.07 Å². The predicted molar refractivity (Wildman–Crippen MR) is 110 cm³/mol. The van der Waals surface area contributed by atoms with Crippen LogP contribution in [0.25, 0.3) is 0 Å². The molecular formula is C21H29N5O. The number of nitrogens with one attached hydrogen (secondary N) is 1. The molecule has 1 N–H and O–H groups in total. The maximum absolute atomic E-state index is 12.7. The van der Waals surface area contributed by atoms with Gasteiger partial charge in [0, 0.05) is 43.1 Å². The Bertz CT molecular complexity index is 849. The van der Waals surface area contributed by atoms with E-state index in [2.05, 4.69) is 41.0 Å². The van der Waals surface area contributed by atoms with Gasteiger partial charge in [0.2, 0.25) is 0 Å². The Kier molecular flexibility index (Phi) is 5.63. The molecule has 0 unspecified atom stereocenters. The van der Waals surface area contributed by atoms with Crippen LogP contribution in [-0.2, 0) is 0 Å². The SMILES string of the molecule is Cc1nc(C)c(C)c(N2CCCN(C(=O)Nc3ccc(C)c(C)c3)CC2)n1. The second-order valence-electron chi connectivity index (χ2n) is 7.36. The molecule has 6 heteroatoms. The molecule has 0 bridgehead atoms. The van der Waals surface area contributed by atoms with E-state index in [9.17, 15) is 4.79 Å². The molecule has 0 saturated carbocycles. The van der Waals surface area contributed by atoms with Crippen molar-refractivity contribution in [3.05, 3.63) is 46.4 Å². The Morgan fingerprint density at radius 3 is 2.48 bits per heavy atom. The highest BCUT2D eigenvalue weighted by atomic mass is 16.2. The summed E-state index contributed by atoms with van der Waals surface area (Å²) in [5, 5.41) is 3.03. The number of carbonyl (C=O) groups is 1. The van der Waals surface area contributed by atoms with Gasteiger partial charge in [-0.15, -0.1) is 0 Å². The Morgan fingerprint density at radius 1 is 0.963 bits per heavy atom. The van der Waals surface area contributed by atoms with E-state index in [-0.39, 0.29) is 6.03 Å². The highest BCUT2D eigenvalue weighted by Crippen LogP contribution is 2.21. The number of aromatic nitrogens is 2. The minimum Gasteiger partial charge on any atom is -0.354 e. The summed E-state index contributed by atoms with van der Waals surface area (Å²) in [6.07, 6.45) is 0.919. The van der Waals surface area contributed by atoms with Crippen LogP contribution in [0.3, 0.4) is 0 Å². The molecule has 2 heterocycles. The van der Waals surface area contributed by atoms with Gasteiger partial charge in [-0.25, -0.2) is 14.8 Å². The third-order valence-corrected chi connectivity index (χ3v) is 5.32. The fraction of sp³-hybridized carbons (Fsp3) is 0.476. The second kappa shape index (κ2) is 7.94. The number of hydrogen-bond acceptors (Lipinski definition) is 4. The minimum absolute atomic E-state index is 0.0353. The van der Waals surface area contributed by atoms with E-state index in [1.165, 1.54) is 11.1 Å². The first kappa shape index (κ1) is 19.1. The molecule has 144 valence electrons. The van der Waals surface area contributed by atoms with Crippen LogP contribution in [0.2, 0.25) is 0 Å². The van der Waals surface area contributed by atoms with Crippen molar-refractivity contribution in [3.8, 4) is 0 Å². The maximum Gasteiger partial charge on any atom is 0.321 e. The summed E-state index contributed by atoms with van der Waals surface area (Å²) in [6.45, 7) is 13.2. The van der Waals surface area contributed by atoms with Crippen molar-refractivity contribution >= 4 is 17.5 Å². The molecule has 1 saturated heterocycles. The zero-order valence-corrected chi connectivity index (χ0v) is 17.0. The van der Waals surface area contributed by atoms with E-state index < -0.39 is 0 Å². The number of hydrogen-bond donors (Lipinski definition) is 1. The van der Waals surface area contributed by atoms with Crippen LogP contribution in [0.4, 0.5) is 16.3 Å². The van der Waals surface area contributed by atoms with Crippen molar-refractivity contribution in [3.63, 3.8) is 0 Å². The Balaban J connectivity index is 1.67. The lowest BCUT2D eigenvalue weighted by Gasteiger charge is -2.25. The molecule has 1 aromatic carbocycles. The van der Waals surface area contributed by atoms with E-state index >= 15 is 0 Å². The highest BCUT2D eigenvalue weighted by Gasteiger charge is 2.22. The molecule has 1 aromatic heterocycles. The van der Waals surface area contributed by atoms with Gasteiger partial charge in [-0.3, -0.25) is 0 Å². The van der Waals surface area contributed by atoms with Gasteiger partial charge in [0.05, 0.1) is 0 Å². The first-order valence-corrected chi connectivity index (χ1v) is 9.55. The summed E-state index contributed by atoms with van der Waals surface area (Å²) in [5.41, 5.74) is 5.39. The van der Waals surface area contributed by atoms with Gasteiger partial charge in [-0.2, -0.15) is 0 Å². The quantitative estimate of drug-likeness (QED) is 0.878. The molecule has 6 nitrogen and oxygen atoms in total. The highest BCUT2D eigenvalue weighted by molar-refractivity contribution is 5.89. The van der Waals surface area contributed by atoms with E-state index in [0.29, 0.717) is 6.54 Å². The fourth-order valence-electron chi connectivity index (χ4n) is 3.41. The average Bonchev–Trinajstić information content (AvgIpc) is 2.87. The van der Waals surface area contributed by atoms with E-state index in [1.54, 1.807) is 0 Å². The summed E-state index contributed by atoms with van der Waals surface area (Å²) in [6, 6.07) is 5.98.